The maximum atomic E-state index is 5.51. The minimum atomic E-state index is -0.0551. The summed E-state index contributed by atoms with van der Waals surface area (Å²) in [5.74, 6) is 0. The van der Waals surface area contributed by atoms with E-state index in [-0.39, 0.29) is 6.29 Å². The minimum absolute atomic E-state index is 0.0551. The van der Waals surface area contributed by atoms with Crippen LogP contribution in [0, 0.1) is 0 Å². The number of benzene rings is 1. The molecule has 0 bridgehead atoms. The van der Waals surface area contributed by atoms with Crippen molar-refractivity contribution < 1.29 is 14.3 Å². The van der Waals surface area contributed by atoms with Crippen LogP contribution in [0.4, 0.5) is 0 Å². The van der Waals surface area contributed by atoms with Crippen LogP contribution in [0.2, 0.25) is 0 Å². The van der Waals surface area contributed by atoms with E-state index >= 15 is 0 Å². The predicted octanol–water partition coefficient (Wildman–Crippen LogP) is 2.58. The summed E-state index contributed by atoms with van der Waals surface area (Å²) in [5.41, 5.74) is 1.02. The van der Waals surface area contributed by atoms with Gasteiger partial charge in [0, 0.05) is 6.61 Å². The van der Waals surface area contributed by atoms with Gasteiger partial charge in [0.25, 0.3) is 0 Å². The Balaban J connectivity index is 1.54. The molecule has 4 nitrogen and oxygen atoms in total. The Morgan fingerprint density at radius 1 is 1.22 bits per heavy atom. The first-order chi connectivity index (χ1) is 8.95. The molecule has 1 aromatic carbocycles. The van der Waals surface area contributed by atoms with Gasteiger partial charge in [-0.05, 0) is 24.8 Å². The largest absolute Gasteiger partial charge is 0.393 e. The zero-order chi connectivity index (χ0) is 12.5. The van der Waals surface area contributed by atoms with Crippen molar-refractivity contribution in [2.24, 2.45) is 5.16 Å². The molecule has 1 unspecified atom stereocenters. The lowest BCUT2D eigenvalue weighted by Crippen LogP contribution is -2.23. The third-order valence-electron chi connectivity index (χ3n) is 2.69. The fourth-order valence-electron chi connectivity index (χ4n) is 1.75. The summed E-state index contributed by atoms with van der Waals surface area (Å²) in [4.78, 5) is 5.12. The fourth-order valence-corrected chi connectivity index (χ4v) is 1.75. The van der Waals surface area contributed by atoms with E-state index in [4.69, 9.17) is 14.3 Å². The molecule has 0 spiro atoms. The van der Waals surface area contributed by atoms with E-state index in [0.29, 0.717) is 13.2 Å². The molecule has 1 aliphatic rings. The van der Waals surface area contributed by atoms with Crippen molar-refractivity contribution in [2.75, 3.05) is 19.8 Å². The molecular formula is C14H19NO3. The van der Waals surface area contributed by atoms with E-state index < -0.39 is 0 Å². The van der Waals surface area contributed by atoms with Crippen LogP contribution < -0.4 is 0 Å². The zero-order valence-electron chi connectivity index (χ0n) is 10.5. The van der Waals surface area contributed by atoms with Crippen LogP contribution in [-0.4, -0.2) is 32.3 Å². The third-order valence-corrected chi connectivity index (χ3v) is 2.69. The molecule has 2 rings (SSSR count). The number of ether oxygens (including phenoxy) is 2. The summed E-state index contributed by atoms with van der Waals surface area (Å²) in [6, 6.07) is 9.84. The van der Waals surface area contributed by atoms with Crippen molar-refractivity contribution in [3.63, 3.8) is 0 Å². The number of oxime groups is 1. The standard InChI is InChI=1S/C14H19NO3/c1-2-6-13(7-3-1)12-15-18-11-10-17-14-8-4-5-9-16-14/h1-3,6-7,12,14H,4-5,8-11H2. The highest BCUT2D eigenvalue weighted by atomic mass is 16.7. The highest BCUT2D eigenvalue weighted by Gasteiger charge is 2.13. The number of hydrogen-bond donors (Lipinski definition) is 0. The van der Waals surface area contributed by atoms with Crippen LogP contribution in [0.5, 0.6) is 0 Å². The van der Waals surface area contributed by atoms with Gasteiger partial charge in [-0.25, -0.2) is 0 Å². The van der Waals surface area contributed by atoms with Crippen molar-refractivity contribution in [1.82, 2.24) is 0 Å². The molecule has 1 aromatic rings. The molecule has 1 atom stereocenters. The van der Waals surface area contributed by atoms with Crippen molar-refractivity contribution in [2.45, 2.75) is 25.6 Å². The van der Waals surface area contributed by atoms with E-state index in [2.05, 4.69) is 5.16 Å². The quantitative estimate of drug-likeness (QED) is 0.442. The summed E-state index contributed by atoms with van der Waals surface area (Å²) in [5, 5.41) is 3.88. The third kappa shape index (κ3) is 4.85. The van der Waals surface area contributed by atoms with E-state index in [1.807, 2.05) is 30.3 Å². The molecule has 0 aromatic heterocycles. The lowest BCUT2D eigenvalue weighted by atomic mass is 10.2. The molecule has 4 heteroatoms. The molecule has 0 N–H and O–H groups in total. The number of hydrogen-bond acceptors (Lipinski definition) is 4. The van der Waals surface area contributed by atoms with Crippen LogP contribution in [0.1, 0.15) is 24.8 Å². The van der Waals surface area contributed by atoms with Gasteiger partial charge in [0.05, 0.1) is 12.8 Å². The van der Waals surface area contributed by atoms with E-state index in [1.165, 1.54) is 6.42 Å². The highest BCUT2D eigenvalue weighted by Crippen LogP contribution is 2.13. The lowest BCUT2D eigenvalue weighted by Gasteiger charge is -2.22. The number of rotatable bonds is 6. The average Bonchev–Trinajstić information content (AvgIpc) is 2.45. The van der Waals surface area contributed by atoms with Crippen LogP contribution in [0.15, 0.2) is 35.5 Å². The average molecular weight is 249 g/mol. The maximum Gasteiger partial charge on any atom is 0.157 e. The smallest absolute Gasteiger partial charge is 0.157 e. The molecule has 1 fully saturated rings. The van der Waals surface area contributed by atoms with Crippen LogP contribution >= 0.6 is 0 Å². The molecule has 0 amide bonds. The molecule has 1 heterocycles. The summed E-state index contributed by atoms with van der Waals surface area (Å²) >= 11 is 0. The van der Waals surface area contributed by atoms with Gasteiger partial charge < -0.3 is 14.3 Å². The van der Waals surface area contributed by atoms with Crippen molar-refractivity contribution >= 4 is 6.21 Å². The first-order valence-corrected chi connectivity index (χ1v) is 6.39. The van der Waals surface area contributed by atoms with Crippen LogP contribution in [0.25, 0.3) is 0 Å². The Kier molecular flexibility index (Phi) is 5.69. The van der Waals surface area contributed by atoms with Crippen LogP contribution in [0.3, 0.4) is 0 Å². The Bertz CT molecular complexity index is 347. The molecule has 1 aliphatic heterocycles. The first-order valence-electron chi connectivity index (χ1n) is 6.39. The molecule has 0 aliphatic carbocycles. The van der Waals surface area contributed by atoms with Gasteiger partial charge in [-0.3, -0.25) is 0 Å². The van der Waals surface area contributed by atoms with Crippen molar-refractivity contribution in [1.29, 1.82) is 0 Å². The first kappa shape index (κ1) is 13.1. The Morgan fingerprint density at radius 3 is 2.89 bits per heavy atom. The van der Waals surface area contributed by atoms with Gasteiger partial charge in [0.15, 0.2) is 6.29 Å². The highest BCUT2D eigenvalue weighted by molar-refractivity contribution is 5.78. The molecule has 18 heavy (non-hydrogen) atoms. The normalized spacial score (nSPS) is 20.1. The van der Waals surface area contributed by atoms with E-state index in [1.54, 1.807) is 6.21 Å². The molecule has 0 saturated carbocycles. The summed E-state index contributed by atoms with van der Waals surface area (Å²) in [7, 11) is 0. The molecule has 98 valence electrons. The second-order valence-corrected chi connectivity index (χ2v) is 4.15. The topological polar surface area (TPSA) is 40.0 Å². The van der Waals surface area contributed by atoms with Gasteiger partial charge in [0.1, 0.15) is 6.61 Å². The van der Waals surface area contributed by atoms with Gasteiger partial charge in [-0.15, -0.1) is 0 Å². The molecule has 0 radical (unpaired) electrons. The minimum Gasteiger partial charge on any atom is -0.393 e. The van der Waals surface area contributed by atoms with Gasteiger partial charge in [0.2, 0.25) is 0 Å². The molecule has 1 saturated heterocycles. The van der Waals surface area contributed by atoms with Crippen LogP contribution in [-0.2, 0) is 14.3 Å². The predicted molar refractivity (Wildman–Crippen MR) is 69.5 cm³/mol. The van der Waals surface area contributed by atoms with E-state index in [9.17, 15) is 0 Å². The van der Waals surface area contributed by atoms with Crippen molar-refractivity contribution in [3.8, 4) is 0 Å². The van der Waals surface area contributed by atoms with Crippen molar-refractivity contribution in [3.05, 3.63) is 35.9 Å². The van der Waals surface area contributed by atoms with Gasteiger partial charge >= 0.3 is 0 Å². The Hall–Kier alpha value is -1.39. The number of nitrogens with zero attached hydrogens (tertiary/aromatic N) is 1. The van der Waals surface area contributed by atoms with Gasteiger partial charge in [-0.2, -0.15) is 0 Å². The summed E-state index contributed by atoms with van der Waals surface area (Å²) in [6.45, 7) is 1.76. The second-order valence-electron chi connectivity index (χ2n) is 4.15. The fraction of sp³-hybridized carbons (Fsp3) is 0.500. The Labute approximate surface area is 108 Å². The summed E-state index contributed by atoms with van der Waals surface area (Å²) < 4.78 is 11.0. The lowest BCUT2D eigenvalue weighted by molar-refractivity contribution is -0.168. The van der Waals surface area contributed by atoms with Gasteiger partial charge in [-0.1, -0.05) is 35.5 Å². The van der Waals surface area contributed by atoms with E-state index in [0.717, 1.165) is 25.0 Å². The second kappa shape index (κ2) is 7.84. The summed E-state index contributed by atoms with van der Waals surface area (Å²) in [6.07, 6.45) is 4.93. The molecular weight excluding hydrogens is 230 g/mol. The SMILES string of the molecule is C(=NOCCOC1CCCCO1)c1ccccc1. The zero-order valence-corrected chi connectivity index (χ0v) is 10.5. The monoisotopic (exact) mass is 249 g/mol. The maximum absolute atomic E-state index is 5.51. The Morgan fingerprint density at radius 2 is 2.11 bits per heavy atom.